The third-order valence-corrected chi connectivity index (χ3v) is 2.97. The highest BCUT2D eigenvalue weighted by atomic mass is 16.5. The van der Waals surface area contributed by atoms with Crippen molar-refractivity contribution in [3.05, 3.63) is 23.8 Å². The van der Waals surface area contributed by atoms with Crippen molar-refractivity contribution in [2.45, 2.75) is 38.7 Å². The van der Waals surface area contributed by atoms with Gasteiger partial charge in [0.2, 0.25) is 5.91 Å². The van der Waals surface area contributed by atoms with Crippen LogP contribution in [-0.2, 0) is 16.0 Å². The van der Waals surface area contributed by atoms with E-state index in [-0.39, 0.29) is 24.9 Å². The minimum atomic E-state index is -0.878. The molecule has 0 bridgehead atoms. The fourth-order valence-electron chi connectivity index (χ4n) is 2.12. The topological polar surface area (TPSA) is 75.6 Å². The van der Waals surface area contributed by atoms with Gasteiger partial charge in [-0.15, -0.1) is 0 Å². The summed E-state index contributed by atoms with van der Waals surface area (Å²) >= 11 is 0. The minimum Gasteiger partial charge on any atom is -0.490 e. The Labute approximate surface area is 111 Å². The van der Waals surface area contributed by atoms with Crippen LogP contribution in [-0.4, -0.2) is 23.1 Å². The molecule has 1 unspecified atom stereocenters. The van der Waals surface area contributed by atoms with Crippen molar-refractivity contribution in [3.8, 4) is 5.75 Å². The van der Waals surface area contributed by atoms with E-state index < -0.39 is 5.97 Å². The highest BCUT2D eigenvalue weighted by Gasteiger charge is 2.19. The van der Waals surface area contributed by atoms with Gasteiger partial charge in [-0.1, -0.05) is 0 Å². The van der Waals surface area contributed by atoms with Gasteiger partial charge in [-0.05, 0) is 37.1 Å². The maximum atomic E-state index is 11.6. The fourth-order valence-corrected chi connectivity index (χ4v) is 2.12. The molecule has 1 amide bonds. The van der Waals surface area contributed by atoms with Gasteiger partial charge in [-0.3, -0.25) is 9.59 Å². The van der Waals surface area contributed by atoms with Gasteiger partial charge < -0.3 is 15.2 Å². The maximum Gasteiger partial charge on any atom is 0.303 e. The molecule has 1 aromatic rings. The zero-order chi connectivity index (χ0) is 13.8. The maximum absolute atomic E-state index is 11.6. The van der Waals surface area contributed by atoms with E-state index in [9.17, 15) is 9.59 Å². The summed E-state index contributed by atoms with van der Waals surface area (Å²) in [5, 5.41) is 11.3. The van der Waals surface area contributed by atoms with Gasteiger partial charge in [0.15, 0.2) is 0 Å². The summed E-state index contributed by atoms with van der Waals surface area (Å²) in [5.41, 5.74) is 1.83. The lowest BCUT2D eigenvalue weighted by Gasteiger charge is -2.06. The van der Waals surface area contributed by atoms with E-state index in [2.05, 4.69) is 5.32 Å². The first kappa shape index (κ1) is 13.4. The number of carbonyl (C=O) groups is 2. The number of anilines is 1. The summed E-state index contributed by atoms with van der Waals surface area (Å²) in [6.45, 7) is 2.00. The summed E-state index contributed by atoms with van der Waals surface area (Å²) < 4.78 is 5.58. The average molecular weight is 263 g/mol. The molecule has 2 N–H and O–H groups in total. The van der Waals surface area contributed by atoms with Crippen LogP contribution in [0.1, 0.15) is 31.7 Å². The van der Waals surface area contributed by atoms with E-state index in [1.807, 2.05) is 19.1 Å². The van der Waals surface area contributed by atoms with Crippen molar-refractivity contribution in [3.63, 3.8) is 0 Å². The molecule has 1 atom stereocenters. The lowest BCUT2D eigenvalue weighted by atomic mass is 10.1. The van der Waals surface area contributed by atoms with Crippen molar-refractivity contribution in [1.82, 2.24) is 0 Å². The Balaban J connectivity index is 1.88. The molecule has 1 heterocycles. The molecule has 19 heavy (non-hydrogen) atoms. The zero-order valence-corrected chi connectivity index (χ0v) is 10.8. The molecule has 102 valence electrons. The van der Waals surface area contributed by atoms with Crippen LogP contribution in [0.15, 0.2) is 18.2 Å². The Bertz CT molecular complexity index is 498. The molecular formula is C14H17NO4. The Morgan fingerprint density at radius 2 is 2.21 bits per heavy atom. The molecule has 0 saturated heterocycles. The molecule has 0 radical (unpaired) electrons. The van der Waals surface area contributed by atoms with Crippen LogP contribution in [0.25, 0.3) is 0 Å². The van der Waals surface area contributed by atoms with E-state index in [0.717, 1.165) is 23.4 Å². The highest BCUT2D eigenvalue weighted by molar-refractivity contribution is 5.91. The number of aliphatic carboxylic acids is 1. The number of fused-ring (bicyclic) bond motifs is 1. The predicted molar refractivity (Wildman–Crippen MR) is 70.4 cm³/mol. The third-order valence-electron chi connectivity index (χ3n) is 2.97. The average Bonchev–Trinajstić information content (AvgIpc) is 2.67. The number of hydrogen-bond donors (Lipinski definition) is 2. The standard InChI is InChI=1S/C14H17NO4/c1-9-7-10-8-11(5-6-12(10)19-9)15-13(16)3-2-4-14(17)18/h5-6,8-9H,2-4,7H2,1H3,(H,15,16)(H,17,18). The Kier molecular flexibility index (Phi) is 4.04. The van der Waals surface area contributed by atoms with Crippen molar-refractivity contribution in [2.75, 3.05) is 5.32 Å². The monoisotopic (exact) mass is 263 g/mol. The van der Waals surface area contributed by atoms with Gasteiger partial charge in [0.25, 0.3) is 0 Å². The number of hydrogen-bond acceptors (Lipinski definition) is 3. The third kappa shape index (κ3) is 3.71. The molecule has 1 aromatic carbocycles. The van der Waals surface area contributed by atoms with Crippen molar-refractivity contribution >= 4 is 17.6 Å². The quantitative estimate of drug-likeness (QED) is 0.854. The Morgan fingerprint density at radius 3 is 2.95 bits per heavy atom. The summed E-state index contributed by atoms with van der Waals surface area (Å²) in [7, 11) is 0. The van der Waals surface area contributed by atoms with Crippen molar-refractivity contribution in [2.24, 2.45) is 0 Å². The number of benzene rings is 1. The molecule has 0 aliphatic carbocycles. The second kappa shape index (κ2) is 5.73. The first-order valence-electron chi connectivity index (χ1n) is 6.36. The highest BCUT2D eigenvalue weighted by Crippen LogP contribution is 2.30. The molecule has 0 aromatic heterocycles. The molecule has 0 fully saturated rings. The minimum absolute atomic E-state index is 0.0168. The van der Waals surface area contributed by atoms with E-state index in [4.69, 9.17) is 9.84 Å². The van der Waals surface area contributed by atoms with Gasteiger partial charge in [-0.2, -0.15) is 0 Å². The van der Waals surface area contributed by atoms with Crippen molar-refractivity contribution < 1.29 is 19.4 Å². The molecule has 2 rings (SSSR count). The SMILES string of the molecule is CC1Cc2cc(NC(=O)CCCC(=O)O)ccc2O1. The number of carboxylic acid groups (broad SMARTS) is 1. The van der Waals surface area contributed by atoms with Crippen LogP contribution >= 0.6 is 0 Å². The van der Waals surface area contributed by atoms with Gasteiger partial charge in [0.05, 0.1) is 0 Å². The number of rotatable bonds is 5. The Hall–Kier alpha value is -2.04. The van der Waals surface area contributed by atoms with Gasteiger partial charge in [0, 0.05) is 24.9 Å². The van der Waals surface area contributed by atoms with Crippen LogP contribution in [0, 0.1) is 0 Å². The van der Waals surface area contributed by atoms with E-state index in [1.54, 1.807) is 6.07 Å². The molecule has 0 spiro atoms. The number of ether oxygens (including phenoxy) is 1. The fraction of sp³-hybridized carbons (Fsp3) is 0.429. The van der Waals surface area contributed by atoms with Crippen LogP contribution in [0.4, 0.5) is 5.69 Å². The van der Waals surface area contributed by atoms with Crippen LogP contribution in [0.5, 0.6) is 5.75 Å². The summed E-state index contributed by atoms with van der Waals surface area (Å²) in [4.78, 5) is 22.0. The van der Waals surface area contributed by atoms with Crippen LogP contribution < -0.4 is 10.1 Å². The lowest BCUT2D eigenvalue weighted by Crippen LogP contribution is -2.11. The number of carbonyl (C=O) groups excluding carboxylic acids is 1. The van der Waals surface area contributed by atoms with Gasteiger partial charge >= 0.3 is 5.97 Å². The smallest absolute Gasteiger partial charge is 0.303 e. The normalized spacial score (nSPS) is 16.6. The molecule has 1 aliphatic rings. The van der Waals surface area contributed by atoms with Gasteiger partial charge in [0.1, 0.15) is 11.9 Å². The molecule has 1 aliphatic heterocycles. The summed E-state index contributed by atoms with van der Waals surface area (Å²) in [6, 6.07) is 5.56. The predicted octanol–water partition coefficient (Wildman–Crippen LogP) is 2.20. The summed E-state index contributed by atoms with van der Waals surface area (Å²) in [5.74, 6) is -0.166. The molecule has 0 saturated carbocycles. The number of carboxylic acids is 1. The van der Waals surface area contributed by atoms with E-state index in [0.29, 0.717) is 6.42 Å². The van der Waals surface area contributed by atoms with Crippen LogP contribution in [0.2, 0.25) is 0 Å². The van der Waals surface area contributed by atoms with Gasteiger partial charge in [-0.25, -0.2) is 0 Å². The lowest BCUT2D eigenvalue weighted by molar-refractivity contribution is -0.137. The zero-order valence-electron chi connectivity index (χ0n) is 10.8. The Morgan fingerprint density at radius 1 is 1.42 bits per heavy atom. The molecular weight excluding hydrogens is 246 g/mol. The largest absolute Gasteiger partial charge is 0.490 e. The van der Waals surface area contributed by atoms with Crippen LogP contribution in [0.3, 0.4) is 0 Å². The molecule has 5 heteroatoms. The van der Waals surface area contributed by atoms with E-state index in [1.165, 1.54) is 0 Å². The van der Waals surface area contributed by atoms with Crippen molar-refractivity contribution in [1.29, 1.82) is 0 Å². The molecule has 5 nitrogen and oxygen atoms in total. The first-order chi connectivity index (χ1) is 9.04. The summed E-state index contributed by atoms with van der Waals surface area (Å²) in [6.07, 6.45) is 1.61. The van der Waals surface area contributed by atoms with E-state index >= 15 is 0 Å². The number of amides is 1. The first-order valence-corrected chi connectivity index (χ1v) is 6.36. The number of nitrogens with one attached hydrogen (secondary N) is 1. The second-order valence-corrected chi connectivity index (χ2v) is 4.75. The second-order valence-electron chi connectivity index (χ2n) is 4.75.